The highest BCUT2D eigenvalue weighted by Gasteiger charge is 2.17. The van der Waals surface area contributed by atoms with Crippen LogP contribution in [0.2, 0.25) is 0 Å². The molecule has 0 fully saturated rings. The van der Waals surface area contributed by atoms with Crippen molar-refractivity contribution in [3.8, 4) is 10.6 Å². The minimum atomic E-state index is -0.301. The normalized spacial score (nSPS) is 11.0. The second-order valence-electron chi connectivity index (χ2n) is 3.61. The van der Waals surface area contributed by atoms with Gasteiger partial charge in [-0.3, -0.25) is 0 Å². The molecule has 18 heavy (non-hydrogen) atoms. The van der Waals surface area contributed by atoms with Crippen LogP contribution >= 0.6 is 22.7 Å². The van der Waals surface area contributed by atoms with Gasteiger partial charge in [0.15, 0.2) is 0 Å². The van der Waals surface area contributed by atoms with Crippen LogP contribution in [-0.4, -0.2) is 17.6 Å². The van der Waals surface area contributed by atoms with Crippen molar-refractivity contribution in [3.63, 3.8) is 0 Å². The molecule has 5 heteroatoms. The first-order valence-electron chi connectivity index (χ1n) is 5.50. The molecule has 2 rings (SSSR count). The number of esters is 1. The van der Waals surface area contributed by atoms with E-state index in [2.05, 4.69) is 4.98 Å². The van der Waals surface area contributed by atoms with Gasteiger partial charge in [0.05, 0.1) is 5.69 Å². The van der Waals surface area contributed by atoms with Gasteiger partial charge in [-0.2, -0.15) is 11.3 Å². The molecule has 0 spiro atoms. The number of aromatic nitrogens is 1. The molecule has 2 aromatic heterocycles. The van der Waals surface area contributed by atoms with Crippen LogP contribution < -0.4 is 0 Å². The monoisotopic (exact) mass is 279 g/mol. The molecule has 0 amide bonds. The Morgan fingerprint density at radius 1 is 1.56 bits per heavy atom. The molecule has 94 valence electrons. The number of thiophene rings is 1. The summed E-state index contributed by atoms with van der Waals surface area (Å²) < 4.78 is 5.13. The third-order valence-corrected chi connectivity index (χ3v) is 4.17. The van der Waals surface area contributed by atoms with Crippen molar-refractivity contribution in [2.24, 2.45) is 0 Å². The second kappa shape index (κ2) is 5.93. The quantitative estimate of drug-likeness (QED) is 0.629. The van der Waals surface area contributed by atoms with Crippen LogP contribution in [0.1, 0.15) is 22.3 Å². The summed E-state index contributed by atoms with van der Waals surface area (Å²) >= 11 is 3.00. The number of ether oxygens (including phenoxy) is 1. The minimum Gasteiger partial charge on any atom is -0.457 e. The summed E-state index contributed by atoms with van der Waals surface area (Å²) in [6.45, 7) is 4.03. The summed E-state index contributed by atoms with van der Waals surface area (Å²) in [4.78, 5) is 16.8. The number of aryl methyl sites for hydroxylation is 1. The molecule has 3 nitrogen and oxygen atoms in total. The maximum Gasteiger partial charge on any atom is 0.350 e. The molecule has 0 radical (unpaired) electrons. The number of rotatable bonds is 4. The number of hydrogen-bond donors (Lipinski definition) is 0. The lowest BCUT2D eigenvalue weighted by Crippen LogP contribution is -2.04. The number of carbonyl (C=O) groups excluding carboxylic acids is 1. The van der Waals surface area contributed by atoms with Crippen LogP contribution in [-0.2, 0) is 4.74 Å². The Morgan fingerprint density at radius 3 is 3.06 bits per heavy atom. The van der Waals surface area contributed by atoms with Crippen molar-refractivity contribution in [2.75, 3.05) is 6.61 Å². The average molecular weight is 279 g/mol. The third kappa shape index (κ3) is 2.86. The van der Waals surface area contributed by atoms with E-state index in [1.54, 1.807) is 17.4 Å². The number of hydrogen-bond acceptors (Lipinski definition) is 5. The van der Waals surface area contributed by atoms with Crippen molar-refractivity contribution < 1.29 is 9.53 Å². The molecule has 0 aliphatic rings. The van der Waals surface area contributed by atoms with E-state index in [0.29, 0.717) is 11.5 Å². The van der Waals surface area contributed by atoms with Gasteiger partial charge >= 0.3 is 5.97 Å². The Labute approximate surface area is 114 Å². The maximum atomic E-state index is 11.8. The Kier molecular flexibility index (Phi) is 4.28. The standard InChI is InChI=1S/C13H13NO2S2/c1-3-4-6-16-13(15)11-9(2)14-12(18-11)10-5-7-17-8-10/h3-5,7-8H,6H2,1-2H3/b4-3+. The summed E-state index contributed by atoms with van der Waals surface area (Å²) in [7, 11) is 0. The number of carbonyl (C=O) groups is 1. The van der Waals surface area contributed by atoms with E-state index >= 15 is 0 Å². The van der Waals surface area contributed by atoms with Crippen molar-refractivity contribution in [2.45, 2.75) is 13.8 Å². The fourth-order valence-corrected chi connectivity index (χ4v) is 3.05. The molecule has 2 aromatic rings. The molecule has 0 aliphatic carbocycles. The first-order valence-corrected chi connectivity index (χ1v) is 7.26. The molecule has 0 aromatic carbocycles. The van der Waals surface area contributed by atoms with Crippen LogP contribution in [0, 0.1) is 6.92 Å². The lowest BCUT2D eigenvalue weighted by Gasteiger charge is -1.98. The Hall–Kier alpha value is -1.46. The van der Waals surface area contributed by atoms with E-state index in [-0.39, 0.29) is 5.97 Å². The molecule has 0 aliphatic heterocycles. The summed E-state index contributed by atoms with van der Waals surface area (Å²) in [5.74, 6) is -0.301. The maximum absolute atomic E-state index is 11.8. The molecule has 0 unspecified atom stereocenters. The summed E-state index contributed by atoms with van der Waals surface area (Å²) in [5.41, 5.74) is 1.78. The summed E-state index contributed by atoms with van der Waals surface area (Å²) in [6.07, 6.45) is 3.65. The average Bonchev–Trinajstić information content (AvgIpc) is 2.97. The van der Waals surface area contributed by atoms with Gasteiger partial charge in [-0.1, -0.05) is 12.2 Å². The minimum absolute atomic E-state index is 0.301. The second-order valence-corrected chi connectivity index (χ2v) is 5.39. The smallest absolute Gasteiger partial charge is 0.350 e. The van der Waals surface area contributed by atoms with Crippen LogP contribution in [0.3, 0.4) is 0 Å². The van der Waals surface area contributed by atoms with Crippen LogP contribution in [0.15, 0.2) is 29.0 Å². The van der Waals surface area contributed by atoms with Gasteiger partial charge in [0.1, 0.15) is 16.5 Å². The zero-order valence-electron chi connectivity index (χ0n) is 10.2. The van der Waals surface area contributed by atoms with Crippen molar-refractivity contribution in [1.29, 1.82) is 0 Å². The van der Waals surface area contributed by atoms with Gasteiger partial charge in [0.25, 0.3) is 0 Å². The Balaban J connectivity index is 2.16. The zero-order chi connectivity index (χ0) is 13.0. The van der Waals surface area contributed by atoms with Gasteiger partial charge in [0.2, 0.25) is 0 Å². The largest absolute Gasteiger partial charge is 0.457 e. The number of nitrogens with zero attached hydrogens (tertiary/aromatic N) is 1. The molecular formula is C13H13NO2S2. The fraction of sp³-hybridized carbons (Fsp3) is 0.231. The molecule has 0 atom stereocenters. The van der Waals surface area contributed by atoms with Gasteiger partial charge in [-0.15, -0.1) is 11.3 Å². The number of thiazole rings is 1. The van der Waals surface area contributed by atoms with Crippen LogP contribution in [0.5, 0.6) is 0 Å². The highest BCUT2D eigenvalue weighted by Crippen LogP contribution is 2.29. The van der Waals surface area contributed by atoms with Crippen molar-refractivity contribution in [1.82, 2.24) is 4.98 Å². The van der Waals surface area contributed by atoms with E-state index in [9.17, 15) is 4.79 Å². The highest BCUT2D eigenvalue weighted by molar-refractivity contribution is 7.17. The topological polar surface area (TPSA) is 39.2 Å². The van der Waals surface area contributed by atoms with Gasteiger partial charge in [-0.25, -0.2) is 9.78 Å². The first kappa shape index (κ1) is 13.0. The Morgan fingerprint density at radius 2 is 2.39 bits per heavy atom. The molecule has 0 saturated heterocycles. The van der Waals surface area contributed by atoms with Crippen LogP contribution in [0.4, 0.5) is 0 Å². The summed E-state index contributed by atoms with van der Waals surface area (Å²) in [5, 5.41) is 4.88. The van der Waals surface area contributed by atoms with E-state index in [1.807, 2.05) is 36.7 Å². The van der Waals surface area contributed by atoms with E-state index in [1.165, 1.54) is 11.3 Å². The molecule has 0 N–H and O–H groups in total. The van der Waals surface area contributed by atoms with Gasteiger partial charge < -0.3 is 4.74 Å². The van der Waals surface area contributed by atoms with Crippen molar-refractivity contribution >= 4 is 28.6 Å². The van der Waals surface area contributed by atoms with Gasteiger partial charge in [0, 0.05) is 10.9 Å². The lowest BCUT2D eigenvalue weighted by molar-refractivity contribution is 0.0554. The molecule has 0 bridgehead atoms. The van der Waals surface area contributed by atoms with Crippen molar-refractivity contribution in [3.05, 3.63) is 39.5 Å². The first-order chi connectivity index (χ1) is 8.72. The van der Waals surface area contributed by atoms with E-state index < -0.39 is 0 Å². The molecular weight excluding hydrogens is 266 g/mol. The van der Waals surface area contributed by atoms with E-state index in [4.69, 9.17) is 4.74 Å². The van der Waals surface area contributed by atoms with Gasteiger partial charge in [-0.05, 0) is 25.3 Å². The van der Waals surface area contributed by atoms with Crippen LogP contribution in [0.25, 0.3) is 10.6 Å². The molecule has 0 saturated carbocycles. The lowest BCUT2D eigenvalue weighted by atomic mass is 10.3. The summed E-state index contributed by atoms with van der Waals surface area (Å²) in [6, 6.07) is 2.00. The zero-order valence-corrected chi connectivity index (χ0v) is 11.8. The predicted molar refractivity (Wildman–Crippen MR) is 75.3 cm³/mol. The van der Waals surface area contributed by atoms with E-state index in [0.717, 1.165) is 16.3 Å². The fourth-order valence-electron chi connectivity index (χ4n) is 1.38. The number of allylic oxidation sites excluding steroid dienone is 1. The third-order valence-electron chi connectivity index (χ3n) is 2.30. The predicted octanol–water partition coefficient (Wildman–Crippen LogP) is 3.91. The molecule has 2 heterocycles. The Bertz CT molecular complexity index is 556. The SMILES string of the molecule is C/C=C/COC(=O)c1sc(-c2ccsc2)nc1C. The highest BCUT2D eigenvalue weighted by atomic mass is 32.1.